The van der Waals surface area contributed by atoms with Crippen LogP contribution >= 0.6 is 11.3 Å². The molecular formula is C11H14N2O3S. The minimum Gasteiger partial charge on any atom is -0.458 e. The van der Waals surface area contributed by atoms with E-state index in [1.807, 2.05) is 0 Å². The first-order valence-corrected chi connectivity index (χ1v) is 6.39. The largest absolute Gasteiger partial charge is 0.458 e. The first kappa shape index (κ1) is 12.0. The van der Waals surface area contributed by atoms with Gasteiger partial charge in [0.05, 0.1) is 11.2 Å². The molecule has 0 N–H and O–H groups in total. The number of hydrogen-bond donors (Lipinski definition) is 0. The zero-order valence-electron chi connectivity index (χ0n) is 9.59. The van der Waals surface area contributed by atoms with Gasteiger partial charge in [0.15, 0.2) is 0 Å². The van der Waals surface area contributed by atoms with Crippen LogP contribution in [0.4, 0.5) is 0 Å². The topological polar surface area (TPSA) is 59.5 Å². The summed E-state index contributed by atoms with van der Waals surface area (Å²) in [5.41, 5.74) is 2.35. The molecule has 2 heterocycles. The zero-order chi connectivity index (χ0) is 12.3. The van der Waals surface area contributed by atoms with Crippen molar-refractivity contribution in [2.75, 3.05) is 13.1 Å². The molecular weight excluding hydrogens is 240 g/mol. The van der Waals surface area contributed by atoms with Gasteiger partial charge >= 0.3 is 5.97 Å². The highest BCUT2D eigenvalue weighted by Crippen LogP contribution is 2.18. The third-order valence-electron chi connectivity index (χ3n) is 2.83. The van der Waals surface area contributed by atoms with Crippen LogP contribution < -0.4 is 0 Å². The Bertz CT molecular complexity index is 411. The number of rotatable bonds is 3. The summed E-state index contributed by atoms with van der Waals surface area (Å²) < 4.78 is 5.40. The molecule has 0 unspecified atom stereocenters. The Morgan fingerprint density at radius 2 is 2.29 bits per heavy atom. The average Bonchev–Trinajstić information content (AvgIpc) is 2.76. The van der Waals surface area contributed by atoms with Gasteiger partial charge in [-0.1, -0.05) is 0 Å². The Balaban J connectivity index is 1.88. The maximum absolute atomic E-state index is 11.8. The second-order valence-electron chi connectivity index (χ2n) is 4.01. The SMILES string of the molecule is Cc1ncsc1C(=O)OC1CCN(C=O)CC1. The predicted molar refractivity (Wildman–Crippen MR) is 62.9 cm³/mol. The van der Waals surface area contributed by atoms with Crippen LogP contribution in [0.15, 0.2) is 5.51 Å². The van der Waals surface area contributed by atoms with E-state index < -0.39 is 0 Å². The Morgan fingerprint density at radius 3 is 2.82 bits per heavy atom. The first-order valence-electron chi connectivity index (χ1n) is 5.51. The molecule has 17 heavy (non-hydrogen) atoms. The van der Waals surface area contributed by atoms with Crippen LogP contribution in [0.1, 0.15) is 28.2 Å². The highest BCUT2D eigenvalue weighted by molar-refractivity contribution is 7.11. The maximum Gasteiger partial charge on any atom is 0.350 e. The minimum absolute atomic E-state index is 0.0831. The van der Waals surface area contributed by atoms with E-state index in [1.165, 1.54) is 11.3 Å². The summed E-state index contributed by atoms with van der Waals surface area (Å²) in [5.74, 6) is -0.297. The fourth-order valence-corrected chi connectivity index (χ4v) is 2.49. The fraction of sp³-hybridized carbons (Fsp3) is 0.545. The summed E-state index contributed by atoms with van der Waals surface area (Å²) in [5, 5.41) is 0. The van der Waals surface area contributed by atoms with E-state index in [4.69, 9.17) is 4.74 Å². The molecule has 1 aliphatic heterocycles. The van der Waals surface area contributed by atoms with Crippen molar-refractivity contribution >= 4 is 23.7 Å². The summed E-state index contributed by atoms with van der Waals surface area (Å²) >= 11 is 1.30. The van der Waals surface area contributed by atoms with Crippen molar-refractivity contribution in [2.45, 2.75) is 25.9 Å². The zero-order valence-corrected chi connectivity index (χ0v) is 10.4. The fourth-order valence-electron chi connectivity index (χ4n) is 1.80. The summed E-state index contributed by atoms with van der Waals surface area (Å²) in [6.07, 6.45) is 2.18. The van der Waals surface area contributed by atoms with Gasteiger partial charge in [0.2, 0.25) is 6.41 Å². The first-order chi connectivity index (χ1) is 8.20. The van der Waals surface area contributed by atoms with Gasteiger partial charge in [-0.05, 0) is 6.92 Å². The molecule has 5 nitrogen and oxygen atoms in total. The van der Waals surface area contributed by atoms with Crippen LogP contribution in [0.25, 0.3) is 0 Å². The van der Waals surface area contributed by atoms with Crippen LogP contribution in [-0.2, 0) is 9.53 Å². The summed E-state index contributed by atoms with van der Waals surface area (Å²) in [6.45, 7) is 3.11. The molecule has 0 radical (unpaired) electrons. The van der Waals surface area contributed by atoms with Crippen LogP contribution in [-0.4, -0.2) is 41.5 Å². The number of ether oxygens (including phenoxy) is 1. The van der Waals surface area contributed by atoms with Crippen molar-refractivity contribution in [1.29, 1.82) is 0 Å². The van der Waals surface area contributed by atoms with Crippen LogP contribution in [0.2, 0.25) is 0 Å². The highest BCUT2D eigenvalue weighted by Gasteiger charge is 2.23. The van der Waals surface area contributed by atoms with E-state index in [-0.39, 0.29) is 12.1 Å². The third-order valence-corrected chi connectivity index (χ3v) is 3.74. The maximum atomic E-state index is 11.8. The van der Waals surface area contributed by atoms with Gasteiger partial charge < -0.3 is 9.64 Å². The molecule has 1 aromatic rings. The van der Waals surface area contributed by atoms with Gasteiger partial charge in [0, 0.05) is 25.9 Å². The number of aromatic nitrogens is 1. The Morgan fingerprint density at radius 1 is 1.59 bits per heavy atom. The normalized spacial score (nSPS) is 16.9. The molecule has 1 aromatic heterocycles. The lowest BCUT2D eigenvalue weighted by Gasteiger charge is -2.28. The minimum atomic E-state index is -0.297. The molecule has 0 atom stereocenters. The van der Waals surface area contributed by atoms with Crippen LogP contribution in [0.5, 0.6) is 0 Å². The van der Waals surface area contributed by atoms with Gasteiger partial charge in [0.25, 0.3) is 0 Å². The van der Waals surface area contributed by atoms with Gasteiger partial charge in [-0.3, -0.25) is 4.79 Å². The van der Waals surface area contributed by atoms with Gasteiger partial charge in [-0.25, -0.2) is 9.78 Å². The molecule has 2 rings (SSSR count). The molecule has 1 aliphatic rings. The number of aryl methyl sites for hydroxylation is 1. The van der Waals surface area contributed by atoms with Crippen molar-refractivity contribution < 1.29 is 14.3 Å². The van der Waals surface area contributed by atoms with E-state index in [9.17, 15) is 9.59 Å². The van der Waals surface area contributed by atoms with Crippen molar-refractivity contribution in [3.63, 3.8) is 0 Å². The van der Waals surface area contributed by atoms with Crippen molar-refractivity contribution in [1.82, 2.24) is 9.88 Å². The van der Waals surface area contributed by atoms with Crippen molar-refractivity contribution in [2.24, 2.45) is 0 Å². The third kappa shape index (κ3) is 2.82. The molecule has 6 heteroatoms. The van der Waals surface area contributed by atoms with Gasteiger partial charge in [-0.2, -0.15) is 0 Å². The van der Waals surface area contributed by atoms with E-state index in [0.29, 0.717) is 36.5 Å². The van der Waals surface area contributed by atoms with Crippen molar-refractivity contribution in [3.05, 3.63) is 16.1 Å². The molecule has 1 amide bonds. The number of amides is 1. The number of carbonyl (C=O) groups is 2. The van der Waals surface area contributed by atoms with Crippen LogP contribution in [0, 0.1) is 6.92 Å². The molecule has 1 fully saturated rings. The summed E-state index contributed by atoms with van der Waals surface area (Å²) in [6, 6.07) is 0. The lowest BCUT2D eigenvalue weighted by atomic mass is 10.1. The Labute approximate surface area is 103 Å². The number of piperidine rings is 1. The monoisotopic (exact) mass is 254 g/mol. The lowest BCUT2D eigenvalue weighted by Crippen LogP contribution is -2.36. The smallest absolute Gasteiger partial charge is 0.350 e. The van der Waals surface area contributed by atoms with Gasteiger partial charge in [-0.15, -0.1) is 11.3 Å². The Hall–Kier alpha value is -1.43. The van der Waals surface area contributed by atoms with E-state index in [0.717, 1.165) is 6.41 Å². The van der Waals surface area contributed by atoms with Crippen molar-refractivity contribution in [3.8, 4) is 0 Å². The molecule has 92 valence electrons. The van der Waals surface area contributed by atoms with Gasteiger partial charge in [0.1, 0.15) is 11.0 Å². The summed E-state index contributed by atoms with van der Waals surface area (Å²) in [4.78, 5) is 28.6. The molecule has 1 saturated heterocycles. The number of likely N-dealkylation sites (tertiary alicyclic amines) is 1. The molecule has 0 bridgehead atoms. The molecule has 0 spiro atoms. The van der Waals surface area contributed by atoms with Crippen LogP contribution in [0.3, 0.4) is 0 Å². The number of thiazole rings is 1. The number of hydrogen-bond acceptors (Lipinski definition) is 5. The van der Waals surface area contributed by atoms with E-state index >= 15 is 0 Å². The second kappa shape index (κ2) is 5.27. The number of esters is 1. The predicted octanol–water partition coefficient (Wildman–Crippen LogP) is 1.23. The van der Waals surface area contributed by atoms with E-state index in [2.05, 4.69) is 4.98 Å². The Kier molecular flexibility index (Phi) is 3.73. The standard InChI is InChI=1S/C11H14N2O3S/c1-8-10(17-6-12-8)11(15)16-9-2-4-13(7-14)5-3-9/h6-7,9H,2-5H2,1H3. The molecule has 0 aromatic carbocycles. The lowest BCUT2D eigenvalue weighted by molar-refractivity contribution is -0.120. The number of nitrogens with zero attached hydrogens (tertiary/aromatic N) is 2. The quantitative estimate of drug-likeness (QED) is 0.601. The highest BCUT2D eigenvalue weighted by atomic mass is 32.1. The molecule has 0 saturated carbocycles. The molecule has 0 aliphatic carbocycles. The van der Waals surface area contributed by atoms with E-state index in [1.54, 1.807) is 17.3 Å². The summed E-state index contributed by atoms with van der Waals surface area (Å²) in [7, 11) is 0. The average molecular weight is 254 g/mol. The second-order valence-corrected chi connectivity index (χ2v) is 4.87. The number of carbonyl (C=O) groups excluding carboxylic acids is 2.